The van der Waals surface area contributed by atoms with Crippen LogP contribution in [0.4, 0.5) is 0 Å². The van der Waals surface area contributed by atoms with Crippen LogP contribution in [0.1, 0.15) is 25.1 Å². The van der Waals surface area contributed by atoms with Crippen molar-refractivity contribution in [3.05, 3.63) is 22.6 Å². The average Bonchev–Trinajstić information content (AvgIpc) is 2.65. The van der Waals surface area contributed by atoms with Crippen molar-refractivity contribution in [1.82, 2.24) is 5.32 Å². The Morgan fingerprint density at radius 1 is 1.69 bits per heavy atom. The van der Waals surface area contributed by atoms with E-state index in [0.717, 1.165) is 22.1 Å². The Balaban J connectivity index is 2.17. The molecule has 2 nitrogen and oxygen atoms in total. The highest BCUT2D eigenvalue weighted by atomic mass is 79.9. The van der Waals surface area contributed by atoms with Gasteiger partial charge in [0.15, 0.2) is 0 Å². The van der Waals surface area contributed by atoms with Crippen molar-refractivity contribution < 1.29 is 4.42 Å². The fourth-order valence-corrected chi connectivity index (χ4v) is 2.33. The van der Waals surface area contributed by atoms with Crippen LogP contribution in [0.3, 0.4) is 0 Å². The van der Waals surface area contributed by atoms with Crippen LogP contribution in [0.15, 0.2) is 21.2 Å². The maximum atomic E-state index is 5.46. The molecular formula is C10H14BrNO. The molecule has 0 saturated heterocycles. The summed E-state index contributed by atoms with van der Waals surface area (Å²) in [5.74, 6) is 2.61. The van der Waals surface area contributed by atoms with Gasteiger partial charge in [-0.05, 0) is 47.3 Å². The summed E-state index contributed by atoms with van der Waals surface area (Å²) in [5.41, 5.74) is 0. The van der Waals surface area contributed by atoms with Gasteiger partial charge < -0.3 is 9.73 Å². The Kier molecular flexibility index (Phi) is 2.47. The number of rotatable bonds is 3. The molecule has 3 unspecified atom stereocenters. The molecule has 1 heterocycles. The van der Waals surface area contributed by atoms with Crippen LogP contribution in [0, 0.1) is 11.8 Å². The lowest BCUT2D eigenvalue weighted by molar-refractivity contribution is 0.390. The van der Waals surface area contributed by atoms with Gasteiger partial charge in [-0.25, -0.2) is 0 Å². The molecule has 1 saturated carbocycles. The van der Waals surface area contributed by atoms with E-state index in [-0.39, 0.29) is 0 Å². The Morgan fingerprint density at radius 3 is 2.77 bits per heavy atom. The van der Waals surface area contributed by atoms with Crippen LogP contribution in [0.5, 0.6) is 0 Å². The summed E-state index contributed by atoms with van der Waals surface area (Å²) in [7, 11) is 1.99. The van der Waals surface area contributed by atoms with E-state index < -0.39 is 0 Å². The molecule has 1 N–H and O–H groups in total. The highest BCUT2D eigenvalue weighted by molar-refractivity contribution is 9.10. The number of furan rings is 1. The summed E-state index contributed by atoms with van der Waals surface area (Å²) in [5, 5.41) is 3.31. The van der Waals surface area contributed by atoms with Gasteiger partial charge in [0.05, 0.1) is 16.8 Å². The molecule has 3 heteroatoms. The second-order valence-electron chi connectivity index (χ2n) is 3.78. The third-order valence-electron chi connectivity index (χ3n) is 2.84. The van der Waals surface area contributed by atoms with Gasteiger partial charge in [0.25, 0.3) is 0 Å². The van der Waals surface area contributed by atoms with E-state index in [9.17, 15) is 0 Å². The number of hydrogen-bond acceptors (Lipinski definition) is 2. The Hall–Kier alpha value is -0.280. The quantitative estimate of drug-likeness (QED) is 0.884. The zero-order valence-electron chi connectivity index (χ0n) is 7.88. The normalized spacial score (nSPS) is 28.8. The standard InChI is InChI=1S/C10H14BrNO/c1-6-5-7(6)9(12-2)10-8(11)3-4-13-10/h3-4,6-7,9,12H,5H2,1-2H3. The minimum atomic E-state index is 0.374. The van der Waals surface area contributed by atoms with Gasteiger partial charge in [-0.3, -0.25) is 0 Å². The van der Waals surface area contributed by atoms with Gasteiger partial charge in [-0.2, -0.15) is 0 Å². The van der Waals surface area contributed by atoms with E-state index in [2.05, 4.69) is 28.2 Å². The molecule has 1 aromatic heterocycles. The molecule has 1 aromatic rings. The molecule has 1 aliphatic carbocycles. The van der Waals surface area contributed by atoms with Gasteiger partial charge in [-0.15, -0.1) is 0 Å². The molecule has 0 aliphatic heterocycles. The monoisotopic (exact) mass is 243 g/mol. The SMILES string of the molecule is CNC(c1occc1Br)C1CC1C. The molecule has 0 bridgehead atoms. The van der Waals surface area contributed by atoms with Crippen LogP contribution in [-0.2, 0) is 0 Å². The van der Waals surface area contributed by atoms with Crippen molar-refractivity contribution in [1.29, 1.82) is 0 Å². The first-order chi connectivity index (χ1) is 6.24. The molecular weight excluding hydrogens is 230 g/mol. The van der Waals surface area contributed by atoms with Crippen molar-refractivity contribution >= 4 is 15.9 Å². The van der Waals surface area contributed by atoms with E-state index in [1.54, 1.807) is 6.26 Å². The lowest BCUT2D eigenvalue weighted by atomic mass is 10.1. The van der Waals surface area contributed by atoms with Crippen LogP contribution >= 0.6 is 15.9 Å². The zero-order chi connectivity index (χ0) is 9.42. The first-order valence-electron chi connectivity index (χ1n) is 4.64. The molecule has 0 amide bonds. The predicted molar refractivity (Wildman–Crippen MR) is 55.5 cm³/mol. The van der Waals surface area contributed by atoms with E-state index in [1.165, 1.54) is 6.42 Å². The molecule has 3 atom stereocenters. The van der Waals surface area contributed by atoms with E-state index in [0.29, 0.717) is 6.04 Å². The maximum Gasteiger partial charge on any atom is 0.135 e. The molecule has 0 radical (unpaired) electrons. The first-order valence-corrected chi connectivity index (χ1v) is 5.43. The minimum absolute atomic E-state index is 0.374. The lowest BCUT2D eigenvalue weighted by Crippen LogP contribution is -2.18. The number of hydrogen-bond donors (Lipinski definition) is 1. The second-order valence-corrected chi connectivity index (χ2v) is 4.63. The van der Waals surface area contributed by atoms with Crippen molar-refractivity contribution in [3.8, 4) is 0 Å². The van der Waals surface area contributed by atoms with Crippen molar-refractivity contribution in [2.24, 2.45) is 11.8 Å². The van der Waals surface area contributed by atoms with Crippen LogP contribution in [0.2, 0.25) is 0 Å². The summed E-state index contributed by atoms with van der Waals surface area (Å²) >= 11 is 3.49. The molecule has 0 aromatic carbocycles. The average molecular weight is 244 g/mol. The Labute approximate surface area is 86.8 Å². The zero-order valence-corrected chi connectivity index (χ0v) is 9.47. The van der Waals surface area contributed by atoms with Gasteiger partial charge in [0.2, 0.25) is 0 Å². The third kappa shape index (κ3) is 1.67. The fraction of sp³-hybridized carbons (Fsp3) is 0.600. The fourth-order valence-electron chi connectivity index (χ4n) is 1.88. The number of halogens is 1. The van der Waals surface area contributed by atoms with Crippen molar-refractivity contribution in [2.45, 2.75) is 19.4 Å². The topological polar surface area (TPSA) is 25.2 Å². The first kappa shape index (κ1) is 9.28. The Morgan fingerprint density at radius 2 is 2.38 bits per heavy atom. The van der Waals surface area contributed by atoms with Crippen LogP contribution in [0.25, 0.3) is 0 Å². The van der Waals surface area contributed by atoms with Gasteiger partial charge >= 0.3 is 0 Å². The molecule has 0 spiro atoms. The van der Waals surface area contributed by atoms with E-state index in [4.69, 9.17) is 4.42 Å². The highest BCUT2D eigenvalue weighted by Gasteiger charge is 2.41. The van der Waals surface area contributed by atoms with E-state index >= 15 is 0 Å². The van der Waals surface area contributed by atoms with Gasteiger partial charge in [0.1, 0.15) is 5.76 Å². The lowest BCUT2D eigenvalue weighted by Gasteiger charge is -2.13. The minimum Gasteiger partial charge on any atom is -0.466 e. The van der Waals surface area contributed by atoms with Gasteiger partial charge in [-0.1, -0.05) is 6.92 Å². The van der Waals surface area contributed by atoms with Crippen molar-refractivity contribution in [3.63, 3.8) is 0 Å². The maximum absolute atomic E-state index is 5.46. The molecule has 1 fully saturated rings. The second kappa shape index (κ2) is 3.46. The number of nitrogens with one attached hydrogen (secondary N) is 1. The summed E-state index contributed by atoms with van der Waals surface area (Å²) in [6.07, 6.45) is 3.04. The molecule has 72 valence electrons. The summed E-state index contributed by atoms with van der Waals surface area (Å²) in [4.78, 5) is 0. The largest absolute Gasteiger partial charge is 0.466 e. The highest BCUT2D eigenvalue weighted by Crippen LogP contribution is 2.48. The van der Waals surface area contributed by atoms with Gasteiger partial charge in [0, 0.05) is 0 Å². The predicted octanol–water partition coefficient (Wildman–Crippen LogP) is 2.96. The van der Waals surface area contributed by atoms with Crippen LogP contribution < -0.4 is 5.32 Å². The smallest absolute Gasteiger partial charge is 0.135 e. The third-order valence-corrected chi connectivity index (χ3v) is 3.49. The van der Waals surface area contributed by atoms with Crippen LogP contribution in [-0.4, -0.2) is 7.05 Å². The Bertz CT molecular complexity index is 297. The summed E-state index contributed by atoms with van der Waals surface area (Å²) in [6, 6.07) is 2.33. The summed E-state index contributed by atoms with van der Waals surface area (Å²) < 4.78 is 6.53. The van der Waals surface area contributed by atoms with Crippen molar-refractivity contribution in [2.75, 3.05) is 7.05 Å². The summed E-state index contributed by atoms with van der Waals surface area (Å²) in [6.45, 7) is 2.28. The molecule has 1 aliphatic rings. The molecule has 13 heavy (non-hydrogen) atoms. The van der Waals surface area contributed by atoms with E-state index in [1.807, 2.05) is 13.1 Å². The molecule has 2 rings (SSSR count).